The van der Waals surface area contributed by atoms with E-state index >= 15 is 0 Å². The van der Waals surface area contributed by atoms with Crippen molar-refractivity contribution in [1.82, 2.24) is 5.32 Å². The molecule has 0 aromatic rings. The van der Waals surface area contributed by atoms with Crippen molar-refractivity contribution >= 4 is 11.9 Å². The standard InChI is InChI=1S/C61H113NO5/c1-3-5-7-9-11-13-15-17-19-20-21-22-23-26-29-33-37-41-45-49-53-59(64)58(57-63)62-60(65)54-50-46-42-38-34-30-27-24-28-32-36-40-44-48-52-56-67-61(66)55-51-47-43-39-35-31-25-18-16-14-12-10-8-6-4-2/h18,24-25,28,32,36,49,53,58-59,63-64H,3-17,19-23,26-27,29-31,33-35,37-48,50-52,54-57H2,1-2H3,(H,62,65)/b25-18-,28-24-,36-32-,53-49+. The molecule has 6 heteroatoms. The summed E-state index contributed by atoms with van der Waals surface area (Å²) < 4.78 is 5.44. The van der Waals surface area contributed by atoms with Crippen LogP contribution >= 0.6 is 0 Å². The molecule has 0 saturated heterocycles. The third-order valence-electron chi connectivity index (χ3n) is 13.3. The quantitative estimate of drug-likeness (QED) is 0.0244. The second-order valence-electron chi connectivity index (χ2n) is 20.0. The average Bonchev–Trinajstić information content (AvgIpc) is 3.33. The van der Waals surface area contributed by atoms with Gasteiger partial charge in [-0.05, 0) is 89.9 Å². The van der Waals surface area contributed by atoms with Gasteiger partial charge >= 0.3 is 5.97 Å². The van der Waals surface area contributed by atoms with Crippen LogP contribution in [0.3, 0.4) is 0 Å². The lowest BCUT2D eigenvalue weighted by atomic mass is 10.0. The molecule has 0 radical (unpaired) electrons. The molecule has 2 unspecified atom stereocenters. The number of carbonyl (C=O) groups is 2. The van der Waals surface area contributed by atoms with Gasteiger partial charge in [-0.1, -0.05) is 249 Å². The second-order valence-corrected chi connectivity index (χ2v) is 20.0. The van der Waals surface area contributed by atoms with Crippen molar-refractivity contribution < 1.29 is 24.5 Å². The molecular weight excluding hydrogens is 827 g/mol. The van der Waals surface area contributed by atoms with Gasteiger partial charge in [-0.25, -0.2) is 0 Å². The van der Waals surface area contributed by atoms with Gasteiger partial charge in [0.2, 0.25) is 5.91 Å². The van der Waals surface area contributed by atoms with Crippen LogP contribution in [0.5, 0.6) is 0 Å². The number of unbranched alkanes of at least 4 members (excludes halogenated alkanes) is 38. The highest BCUT2D eigenvalue weighted by Gasteiger charge is 2.18. The van der Waals surface area contributed by atoms with E-state index in [2.05, 4.69) is 55.6 Å². The average molecular weight is 941 g/mol. The summed E-state index contributed by atoms with van der Waals surface area (Å²) in [5.41, 5.74) is 0. The van der Waals surface area contributed by atoms with Crippen LogP contribution in [0.4, 0.5) is 0 Å². The highest BCUT2D eigenvalue weighted by Crippen LogP contribution is 2.16. The monoisotopic (exact) mass is 940 g/mol. The molecule has 0 aliphatic carbocycles. The third-order valence-corrected chi connectivity index (χ3v) is 13.3. The minimum atomic E-state index is -0.861. The SMILES string of the molecule is CCCCCCCC/C=C\CCCCCCCC(=O)OCCCCC/C=C\C=C/CCCCCCCCC(=O)NC(CO)C(O)/C=C/CCCCCCCCCCCCCCCCCCCC. The summed E-state index contributed by atoms with van der Waals surface area (Å²) in [6, 6.07) is -0.646. The summed E-state index contributed by atoms with van der Waals surface area (Å²) in [5, 5.41) is 23.1. The first kappa shape index (κ1) is 64.8. The Kier molecular flexibility index (Phi) is 54.6. The van der Waals surface area contributed by atoms with Gasteiger partial charge < -0.3 is 20.3 Å². The summed E-state index contributed by atoms with van der Waals surface area (Å²) in [5.74, 6) is -0.121. The number of amides is 1. The molecule has 0 fully saturated rings. The maximum Gasteiger partial charge on any atom is 0.305 e. The first-order valence-corrected chi connectivity index (χ1v) is 29.4. The van der Waals surface area contributed by atoms with Gasteiger partial charge in [-0.3, -0.25) is 9.59 Å². The van der Waals surface area contributed by atoms with Crippen molar-refractivity contribution in [2.75, 3.05) is 13.2 Å². The molecule has 0 heterocycles. The van der Waals surface area contributed by atoms with Crippen LogP contribution in [0.2, 0.25) is 0 Å². The summed E-state index contributed by atoms with van der Waals surface area (Å²) in [6.07, 6.45) is 71.3. The number of aliphatic hydroxyl groups is 2. The van der Waals surface area contributed by atoms with E-state index in [0.29, 0.717) is 19.4 Å². The summed E-state index contributed by atoms with van der Waals surface area (Å²) in [6.45, 7) is 4.85. The van der Waals surface area contributed by atoms with E-state index in [-0.39, 0.29) is 18.5 Å². The molecule has 0 aliphatic heterocycles. The van der Waals surface area contributed by atoms with E-state index in [1.165, 1.54) is 199 Å². The van der Waals surface area contributed by atoms with Crippen LogP contribution in [-0.4, -0.2) is 47.4 Å². The van der Waals surface area contributed by atoms with Crippen LogP contribution in [0.1, 0.15) is 303 Å². The second kappa shape index (κ2) is 56.4. The maximum atomic E-state index is 12.5. The molecule has 0 rings (SSSR count). The molecule has 2 atom stereocenters. The molecule has 0 bridgehead atoms. The fraction of sp³-hybridized carbons (Fsp3) is 0.836. The molecule has 0 saturated carbocycles. The number of carbonyl (C=O) groups excluding carboxylic acids is 2. The molecule has 3 N–H and O–H groups in total. The summed E-state index contributed by atoms with van der Waals surface area (Å²) in [7, 11) is 0. The topological polar surface area (TPSA) is 95.9 Å². The Morgan fingerprint density at radius 2 is 0.746 bits per heavy atom. The van der Waals surface area contributed by atoms with Crippen LogP contribution in [-0.2, 0) is 14.3 Å². The van der Waals surface area contributed by atoms with Crippen molar-refractivity contribution in [2.24, 2.45) is 0 Å². The zero-order valence-corrected chi connectivity index (χ0v) is 44.6. The van der Waals surface area contributed by atoms with Crippen LogP contribution < -0.4 is 5.32 Å². The smallest absolute Gasteiger partial charge is 0.305 e. The predicted molar refractivity (Wildman–Crippen MR) is 292 cm³/mol. The fourth-order valence-corrected chi connectivity index (χ4v) is 8.80. The van der Waals surface area contributed by atoms with E-state index in [1.54, 1.807) is 6.08 Å². The Balaban J connectivity index is 3.56. The molecule has 392 valence electrons. The summed E-state index contributed by atoms with van der Waals surface area (Å²) in [4.78, 5) is 24.5. The first-order chi connectivity index (χ1) is 33.0. The van der Waals surface area contributed by atoms with E-state index in [0.717, 1.165) is 77.0 Å². The lowest BCUT2D eigenvalue weighted by Gasteiger charge is -2.20. The minimum Gasteiger partial charge on any atom is -0.466 e. The van der Waals surface area contributed by atoms with Gasteiger partial charge in [0.05, 0.1) is 25.4 Å². The van der Waals surface area contributed by atoms with Gasteiger partial charge in [0.15, 0.2) is 0 Å². The van der Waals surface area contributed by atoms with Crippen molar-refractivity contribution in [1.29, 1.82) is 0 Å². The van der Waals surface area contributed by atoms with Gasteiger partial charge in [0.1, 0.15) is 0 Å². The van der Waals surface area contributed by atoms with E-state index in [9.17, 15) is 19.8 Å². The molecule has 1 amide bonds. The normalized spacial score (nSPS) is 13.0. The fourth-order valence-electron chi connectivity index (χ4n) is 8.80. The summed E-state index contributed by atoms with van der Waals surface area (Å²) >= 11 is 0. The van der Waals surface area contributed by atoms with Crippen molar-refractivity contribution in [3.8, 4) is 0 Å². The Bertz CT molecular complexity index is 1130. The van der Waals surface area contributed by atoms with Crippen molar-refractivity contribution in [2.45, 2.75) is 315 Å². The third kappa shape index (κ3) is 53.0. The zero-order valence-electron chi connectivity index (χ0n) is 44.6. The highest BCUT2D eigenvalue weighted by atomic mass is 16.5. The molecule has 0 spiro atoms. The number of esters is 1. The van der Waals surface area contributed by atoms with Gasteiger partial charge in [-0.2, -0.15) is 0 Å². The molecule has 67 heavy (non-hydrogen) atoms. The van der Waals surface area contributed by atoms with Crippen molar-refractivity contribution in [3.63, 3.8) is 0 Å². The van der Waals surface area contributed by atoms with Crippen LogP contribution in [0.25, 0.3) is 0 Å². The Morgan fingerprint density at radius 3 is 1.15 bits per heavy atom. The lowest BCUT2D eigenvalue weighted by Crippen LogP contribution is -2.45. The first-order valence-electron chi connectivity index (χ1n) is 29.4. The molecule has 6 nitrogen and oxygen atoms in total. The number of rotatable bonds is 54. The van der Waals surface area contributed by atoms with Gasteiger partial charge in [0, 0.05) is 12.8 Å². The zero-order chi connectivity index (χ0) is 48.6. The van der Waals surface area contributed by atoms with E-state index in [4.69, 9.17) is 4.74 Å². The number of aliphatic hydroxyl groups excluding tert-OH is 2. The van der Waals surface area contributed by atoms with Crippen LogP contribution in [0.15, 0.2) is 48.6 Å². The number of hydrogen-bond donors (Lipinski definition) is 3. The Morgan fingerprint density at radius 1 is 0.418 bits per heavy atom. The number of allylic oxidation sites excluding steroid dienone is 7. The largest absolute Gasteiger partial charge is 0.466 e. The molecule has 0 aromatic carbocycles. The van der Waals surface area contributed by atoms with Gasteiger partial charge in [0.25, 0.3) is 0 Å². The Hall–Kier alpha value is -2.18. The lowest BCUT2D eigenvalue weighted by molar-refractivity contribution is -0.143. The van der Waals surface area contributed by atoms with Crippen molar-refractivity contribution in [3.05, 3.63) is 48.6 Å². The Labute approximate surface area is 416 Å². The number of hydrogen-bond acceptors (Lipinski definition) is 5. The van der Waals surface area contributed by atoms with E-state index < -0.39 is 12.1 Å². The van der Waals surface area contributed by atoms with E-state index in [1.807, 2.05) is 6.08 Å². The van der Waals surface area contributed by atoms with Gasteiger partial charge in [-0.15, -0.1) is 0 Å². The number of ether oxygens (including phenoxy) is 1. The molecule has 0 aliphatic rings. The highest BCUT2D eigenvalue weighted by molar-refractivity contribution is 5.76. The van der Waals surface area contributed by atoms with Crippen LogP contribution in [0, 0.1) is 0 Å². The molecular formula is C61H113NO5. The predicted octanol–water partition coefficient (Wildman–Crippen LogP) is 18.2. The number of nitrogens with one attached hydrogen (secondary N) is 1. The molecule has 0 aromatic heterocycles. The maximum absolute atomic E-state index is 12.5. The minimum absolute atomic E-state index is 0.0310.